The zero-order chi connectivity index (χ0) is 12.8. The molecule has 1 aromatic carbocycles. The average molecular weight is 301 g/mol. The summed E-state index contributed by atoms with van der Waals surface area (Å²) in [5.41, 5.74) is 2.18. The third-order valence-corrected chi connectivity index (χ3v) is 3.23. The number of allylic oxidation sites excluding steroid dienone is 1. The van der Waals surface area contributed by atoms with Crippen LogP contribution < -0.4 is 14.2 Å². The van der Waals surface area contributed by atoms with Gasteiger partial charge in [-0.1, -0.05) is 27.6 Å². The van der Waals surface area contributed by atoms with E-state index in [1.807, 2.05) is 19.1 Å². The van der Waals surface area contributed by atoms with E-state index in [9.17, 15) is 0 Å². The van der Waals surface area contributed by atoms with Gasteiger partial charge in [-0.15, -0.1) is 0 Å². The van der Waals surface area contributed by atoms with Crippen molar-refractivity contribution < 1.29 is 14.2 Å². The van der Waals surface area contributed by atoms with Gasteiger partial charge >= 0.3 is 0 Å². The van der Waals surface area contributed by atoms with E-state index in [4.69, 9.17) is 14.2 Å². The SMILES string of the molecule is COc1cc(OC)c(OC)cc1C=C(C)CBr. The van der Waals surface area contributed by atoms with Crippen LogP contribution in [0.25, 0.3) is 6.08 Å². The molecule has 0 heterocycles. The van der Waals surface area contributed by atoms with Crippen LogP contribution in [0.5, 0.6) is 17.2 Å². The van der Waals surface area contributed by atoms with Gasteiger partial charge in [0.15, 0.2) is 11.5 Å². The van der Waals surface area contributed by atoms with Crippen LogP contribution in [0.1, 0.15) is 12.5 Å². The van der Waals surface area contributed by atoms with Crippen molar-refractivity contribution in [2.45, 2.75) is 6.92 Å². The lowest BCUT2D eigenvalue weighted by Gasteiger charge is -2.12. The molecule has 0 amide bonds. The number of halogens is 1. The van der Waals surface area contributed by atoms with Gasteiger partial charge in [-0.3, -0.25) is 0 Å². The van der Waals surface area contributed by atoms with Gasteiger partial charge in [-0.05, 0) is 13.0 Å². The smallest absolute Gasteiger partial charge is 0.164 e. The highest BCUT2D eigenvalue weighted by Crippen LogP contribution is 2.35. The predicted octanol–water partition coefficient (Wildman–Crippen LogP) is 3.51. The minimum atomic E-state index is 0.665. The van der Waals surface area contributed by atoms with Gasteiger partial charge in [0.2, 0.25) is 0 Å². The van der Waals surface area contributed by atoms with E-state index in [1.165, 1.54) is 5.57 Å². The maximum absolute atomic E-state index is 5.34. The second-order valence-corrected chi connectivity index (χ2v) is 4.13. The van der Waals surface area contributed by atoms with Gasteiger partial charge in [-0.2, -0.15) is 0 Å². The van der Waals surface area contributed by atoms with Crippen LogP contribution in [-0.2, 0) is 0 Å². The van der Waals surface area contributed by atoms with E-state index < -0.39 is 0 Å². The van der Waals surface area contributed by atoms with Gasteiger partial charge in [0.25, 0.3) is 0 Å². The zero-order valence-corrected chi connectivity index (χ0v) is 12.1. The van der Waals surface area contributed by atoms with Crippen molar-refractivity contribution in [3.8, 4) is 17.2 Å². The normalized spacial score (nSPS) is 11.2. The molecule has 0 spiro atoms. The Morgan fingerprint density at radius 3 is 2.06 bits per heavy atom. The minimum Gasteiger partial charge on any atom is -0.496 e. The number of hydrogen-bond donors (Lipinski definition) is 0. The number of methoxy groups -OCH3 is 3. The summed E-state index contributed by atoms with van der Waals surface area (Å²) in [6.45, 7) is 2.05. The van der Waals surface area contributed by atoms with Crippen molar-refractivity contribution in [1.82, 2.24) is 0 Å². The number of rotatable bonds is 5. The largest absolute Gasteiger partial charge is 0.496 e. The minimum absolute atomic E-state index is 0.665. The first-order valence-corrected chi connectivity index (χ1v) is 6.31. The van der Waals surface area contributed by atoms with Crippen LogP contribution in [0.2, 0.25) is 0 Å². The van der Waals surface area contributed by atoms with Crippen molar-refractivity contribution in [2.75, 3.05) is 26.7 Å². The molecule has 0 radical (unpaired) electrons. The molecule has 17 heavy (non-hydrogen) atoms. The fourth-order valence-corrected chi connectivity index (χ4v) is 1.63. The van der Waals surface area contributed by atoms with Crippen LogP contribution in [0.3, 0.4) is 0 Å². The Morgan fingerprint density at radius 2 is 1.59 bits per heavy atom. The van der Waals surface area contributed by atoms with Crippen molar-refractivity contribution in [3.63, 3.8) is 0 Å². The summed E-state index contributed by atoms with van der Waals surface area (Å²) >= 11 is 3.42. The molecule has 0 saturated carbocycles. The van der Waals surface area contributed by atoms with E-state index in [1.54, 1.807) is 21.3 Å². The molecule has 0 atom stereocenters. The lowest BCUT2D eigenvalue weighted by Crippen LogP contribution is -1.95. The highest BCUT2D eigenvalue weighted by molar-refractivity contribution is 9.09. The molecule has 0 aromatic heterocycles. The topological polar surface area (TPSA) is 27.7 Å². The molecule has 0 N–H and O–H groups in total. The lowest BCUT2D eigenvalue weighted by atomic mass is 10.1. The maximum Gasteiger partial charge on any atom is 0.164 e. The van der Waals surface area contributed by atoms with Crippen LogP contribution >= 0.6 is 15.9 Å². The van der Waals surface area contributed by atoms with Gasteiger partial charge in [0.1, 0.15) is 5.75 Å². The van der Waals surface area contributed by atoms with Gasteiger partial charge in [-0.25, -0.2) is 0 Å². The molecule has 0 unspecified atom stereocenters. The molecule has 0 saturated heterocycles. The molecule has 0 aliphatic heterocycles. The van der Waals surface area contributed by atoms with Crippen molar-refractivity contribution in [2.24, 2.45) is 0 Å². The fourth-order valence-electron chi connectivity index (χ4n) is 1.47. The summed E-state index contributed by atoms with van der Waals surface area (Å²) in [4.78, 5) is 0. The van der Waals surface area contributed by atoms with E-state index >= 15 is 0 Å². The Labute approximate surface area is 111 Å². The maximum atomic E-state index is 5.34. The van der Waals surface area contributed by atoms with Gasteiger partial charge in [0, 0.05) is 17.0 Å². The number of hydrogen-bond acceptors (Lipinski definition) is 3. The molecule has 1 rings (SSSR count). The Morgan fingerprint density at radius 1 is 1.06 bits per heavy atom. The molecule has 0 aliphatic carbocycles. The monoisotopic (exact) mass is 300 g/mol. The average Bonchev–Trinajstić information content (AvgIpc) is 2.37. The van der Waals surface area contributed by atoms with E-state index in [2.05, 4.69) is 22.0 Å². The summed E-state index contributed by atoms with van der Waals surface area (Å²) in [5, 5.41) is 0.824. The number of alkyl halides is 1. The second kappa shape index (κ2) is 6.55. The van der Waals surface area contributed by atoms with Crippen molar-refractivity contribution >= 4 is 22.0 Å². The summed E-state index contributed by atoms with van der Waals surface area (Å²) in [7, 11) is 4.87. The third kappa shape index (κ3) is 3.40. The highest BCUT2D eigenvalue weighted by Gasteiger charge is 2.10. The molecule has 4 heteroatoms. The van der Waals surface area contributed by atoms with Crippen molar-refractivity contribution in [1.29, 1.82) is 0 Å². The Bertz CT molecular complexity index is 413. The molecule has 0 fully saturated rings. The Kier molecular flexibility index (Phi) is 5.35. The quantitative estimate of drug-likeness (QED) is 0.779. The molecule has 3 nitrogen and oxygen atoms in total. The van der Waals surface area contributed by atoms with E-state index in [0.29, 0.717) is 11.5 Å². The summed E-state index contributed by atoms with van der Waals surface area (Å²) in [5.74, 6) is 2.13. The van der Waals surface area contributed by atoms with Crippen LogP contribution in [0.4, 0.5) is 0 Å². The highest BCUT2D eigenvalue weighted by atomic mass is 79.9. The number of benzene rings is 1. The van der Waals surface area contributed by atoms with Crippen molar-refractivity contribution in [3.05, 3.63) is 23.3 Å². The Balaban J connectivity index is 3.28. The second-order valence-electron chi connectivity index (χ2n) is 3.57. The first kappa shape index (κ1) is 13.9. The van der Waals surface area contributed by atoms with E-state index in [0.717, 1.165) is 16.6 Å². The van der Waals surface area contributed by atoms with Crippen LogP contribution in [0, 0.1) is 0 Å². The Hall–Kier alpha value is -1.16. The molecule has 1 aromatic rings. The lowest BCUT2D eigenvalue weighted by molar-refractivity contribution is 0.348. The summed E-state index contributed by atoms with van der Waals surface area (Å²) in [6, 6.07) is 3.73. The fraction of sp³-hybridized carbons (Fsp3) is 0.385. The van der Waals surface area contributed by atoms with Gasteiger partial charge < -0.3 is 14.2 Å². The third-order valence-electron chi connectivity index (χ3n) is 2.35. The standard InChI is InChI=1S/C13H17BrO3/c1-9(8-14)5-10-6-12(16-3)13(17-4)7-11(10)15-2/h5-7H,8H2,1-4H3. The summed E-state index contributed by atoms with van der Waals surface area (Å²) < 4.78 is 15.8. The van der Waals surface area contributed by atoms with Crippen LogP contribution in [0.15, 0.2) is 17.7 Å². The molecule has 0 bridgehead atoms. The van der Waals surface area contributed by atoms with Crippen LogP contribution in [-0.4, -0.2) is 26.7 Å². The number of ether oxygens (including phenoxy) is 3. The molecular formula is C13H17BrO3. The zero-order valence-electron chi connectivity index (χ0n) is 10.5. The first-order chi connectivity index (χ1) is 8.15. The first-order valence-electron chi connectivity index (χ1n) is 5.19. The van der Waals surface area contributed by atoms with E-state index in [-0.39, 0.29) is 0 Å². The molecular weight excluding hydrogens is 284 g/mol. The van der Waals surface area contributed by atoms with Gasteiger partial charge in [0.05, 0.1) is 21.3 Å². The molecule has 94 valence electrons. The molecule has 0 aliphatic rings. The summed E-state index contributed by atoms with van der Waals surface area (Å²) in [6.07, 6.45) is 2.05. The predicted molar refractivity (Wildman–Crippen MR) is 73.5 cm³/mol.